The Bertz CT molecular complexity index is 623. The molecular weight excluding hydrogens is 232 g/mol. The number of Topliss-reactive ketones (excluding diaryl/α,β-unsaturated/α-hetero) is 1. The summed E-state index contributed by atoms with van der Waals surface area (Å²) in [4.78, 5) is 12.4. The predicted molar refractivity (Wildman–Crippen MR) is 77.8 cm³/mol. The van der Waals surface area contributed by atoms with Crippen LogP contribution in [0.4, 0.5) is 0 Å². The molecule has 0 fully saturated rings. The summed E-state index contributed by atoms with van der Waals surface area (Å²) in [6.07, 6.45) is 0.818. The minimum atomic E-state index is -0.00333. The number of ketones is 1. The fourth-order valence-corrected chi connectivity index (χ4v) is 2.79. The van der Waals surface area contributed by atoms with Gasteiger partial charge in [0.25, 0.3) is 0 Å². The lowest BCUT2D eigenvalue weighted by Gasteiger charge is -2.09. The third-order valence-corrected chi connectivity index (χ3v) is 3.87. The largest absolute Gasteiger partial charge is 0.294 e. The Morgan fingerprint density at radius 1 is 0.895 bits per heavy atom. The Morgan fingerprint density at radius 3 is 2.11 bits per heavy atom. The number of hydrogen-bond acceptors (Lipinski definition) is 1. The van der Waals surface area contributed by atoms with Crippen molar-refractivity contribution in [3.8, 4) is 0 Å². The molecule has 0 radical (unpaired) electrons. The summed E-state index contributed by atoms with van der Waals surface area (Å²) in [5, 5.41) is 0. The number of carbonyl (C=O) groups is 1. The van der Waals surface area contributed by atoms with Crippen LogP contribution in [0.5, 0.6) is 0 Å². The molecule has 94 valence electrons. The first-order chi connectivity index (χ1) is 9.27. The van der Waals surface area contributed by atoms with E-state index in [-0.39, 0.29) is 11.7 Å². The average molecular weight is 248 g/mol. The highest BCUT2D eigenvalue weighted by Crippen LogP contribution is 2.40. The van der Waals surface area contributed by atoms with Crippen molar-refractivity contribution in [2.75, 3.05) is 0 Å². The second kappa shape index (κ2) is 4.85. The van der Waals surface area contributed by atoms with Gasteiger partial charge in [-0.1, -0.05) is 60.7 Å². The Labute approximate surface area is 113 Å². The molecule has 0 saturated carbocycles. The van der Waals surface area contributed by atoms with Crippen LogP contribution in [0, 0.1) is 0 Å². The van der Waals surface area contributed by atoms with Crippen molar-refractivity contribution in [2.45, 2.75) is 19.3 Å². The van der Waals surface area contributed by atoms with Crippen molar-refractivity contribution in [2.24, 2.45) is 0 Å². The number of carbonyl (C=O) groups excluding carboxylic acids is 1. The topological polar surface area (TPSA) is 17.1 Å². The van der Waals surface area contributed by atoms with Gasteiger partial charge in [-0.2, -0.15) is 0 Å². The SMILES string of the molecule is CC1=C(c2ccccc2)C[C@@H](c2ccccc2)C1=O. The average Bonchev–Trinajstić information content (AvgIpc) is 2.77. The molecule has 0 saturated heterocycles. The molecule has 1 aliphatic rings. The first-order valence-electron chi connectivity index (χ1n) is 6.61. The highest BCUT2D eigenvalue weighted by molar-refractivity contribution is 6.10. The summed E-state index contributed by atoms with van der Waals surface area (Å²) in [7, 11) is 0. The summed E-state index contributed by atoms with van der Waals surface area (Å²) in [5.74, 6) is 0.265. The minimum absolute atomic E-state index is 0.00333. The molecule has 2 aromatic rings. The van der Waals surface area contributed by atoms with Crippen LogP contribution < -0.4 is 0 Å². The van der Waals surface area contributed by atoms with Gasteiger partial charge >= 0.3 is 0 Å². The zero-order valence-electron chi connectivity index (χ0n) is 11.0. The van der Waals surface area contributed by atoms with Gasteiger partial charge in [-0.05, 0) is 35.6 Å². The van der Waals surface area contributed by atoms with Crippen molar-refractivity contribution in [1.82, 2.24) is 0 Å². The van der Waals surface area contributed by atoms with E-state index in [1.165, 1.54) is 11.1 Å². The maximum Gasteiger partial charge on any atom is 0.166 e. The van der Waals surface area contributed by atoms with Crippen LogP contribution in [-0.4, -0.2) is 5.78 Å². The maximum atomic E-state index is 12.4. The summed E-state index contributed by atoms with van der Waals surface area (Å²) in [6, 6.07) is 20.3. The molecule has 1 atom stereocenters. The standard InChI is InChI=1S/C18H16O/c1-13-16(14-8-4-2-5-9-14)12-17(18(13)19)15-10-6-3-7-11-15/h2-11,17H,12H2,1H3/t17-/m0/s1. The number of benzene rings is 2. The van der Waals surface area contributed by atoms with E-state index in [1.807, 2.05) is 55.5 Å². The lowest BCUT2D eigenvalue weighted by Crippen LogP contribution is -2.06. The molecule has 0 N–H and O–H groups in total. The van der Waals surface area contributed by atoms with E-state index in [0.717, 1.165) is 17.6 Å². The molecule has 3 rings (SSSR count). The fraction of sp³-hybridized carbons (Fsp3) is 0.167. The van der Waals surface area contributed by atoms with Gasteiger partial charge in [0.2, 0.25) is 0 Å². The molecule has 19 heavy (non-hydrogen) atoms. The first-order valence-corrected chi connectivity index (χ1v) is 6.61. The van der Waals surface area contributed by atoms with Crippen molar-refractivity contribution in [3.63, 3.8) is 0 Å². The molecule has 0 heterocycles. The van der Waals surface area contributed by atoms with Gasteiger partial charge in [0.1, 0.15) is 0 Å². The van der Waals surface area contributed by atoms with E-state index in [1.54, 1.807) is 0 Å². The van der Waals surface area contributed by atoms with E-state index in [9.17, 15) is 4.79 Å². The summed E-state index contributed by atoms with van der Waals surface area (Å²) < 4.78 is 0. The maximum absolute atomic E-state index is 12.4. The minimum Gasteiger partial charge on any atom is -0.294 e. The van der Waals surface area contributed by atoms with E-state index < -0.39 is 0 Å². The van der Waals surface area contributed by atoms with Crippen LogP contribution in [0.25, 0.3) is 5.57 Å². The molecule has 2 aromatic carbocycles. The lowest BCUT2D eigenvalue weighted by atomic mass is 9.93. The quantitative estimate of drug-likeness (QED) is 0.777. The predicted octanol–water partition coefficient (Wildman–Crippen LogP) is 4.22. The monoisotopic (exact) mass is 248 g/mol. The molecule has 1 aliphatic carbocycles. The highest BCUT2D eigenvalue weighted by atomic mass is 16.1. The summed E-state index contributed by atoms with van der Waals surface area (Å²) in [5.41, 5.74) is 4.41. The molecule has 1 nitrogen and oxygen atoms in total. The molecule has 0 spiro atoms. The van der Waals surface area contributed by atoms with Crippen LogP contribution >= 0.6 is 0 Å². The third kappa shape index (κ3) is 2.12. The van der Waals surface area contributed by atoms with E-state index in [2.05, 4.69) is 12.1 Å². The molecule has 0 aromatic heterocycles. The second-order valence-electron chi connectivity index (χ2n) is 5.00. The third-order valence-electron chi connectivity index (χ3n) is 3.87. The molecule has 0 unspecified atom stereocenters. The number of allylic oxidation sites excluding steroid dienone is 2. The van der Waals surface area contributed by atoms with Crippen molar-refractivity contribution < 1.29 is 4.79 Å². The van der Waals surface area contributed by atoms with Gasteiger partial charge in [0, 0.05) is 0 Å². The summed E-state index contributed by atoms with van der Waals surface area (Å²) >= 11 is 0. The van der Waals surface area contributed by atoms with E-state index in [0.29, 0.717) is 0 Å². The van der Waals surface area contributed by atoms with Gasteiger partial charge in [-0.15, -0.1) is 0 Å². The van der Waals surface area contributed by atoms with Gasteiger partial charge in [0.15, 0.2) is 5.78 Å². The Hall–Kier alpha value is -2.15. The fourth-order valence-electron chi connectivity index (χ4n) is 2.79. The zero-order valence-corrected chi connectivity index (χ0v) is 11.0. The smallest absolute Gasteiger partial charge is 0.166 e. The van der Waals surface area contributed by atoms with Gasteiger partial charge < -0.3 is 0 Å². The van der Waals surface area contributed by atoms with Crippen molar-refractivity contribution in [1.29, 1.82) is 0 Å². The first kappa shape index (κ1) is 11.9. The Kier molecular flexibility index (Phi) is 3.04. The van der Waals surface area contributed by atoms with Crippen molar-refractivity contribution >= 4 is 11.4 Å². The molecule has 0 amide bonds. The molecular formula is C18H16O. The Morgan fingerprint density at radius 2 is 1.47 bits per heavy atom. The van der Waals surface area contributed by atoms with Gasteiger partial charge in [-0.3, -0.25) is 4.79 Å². The van der Waals surface area contributed by atoms with Crippen LogP contribution in [0.15, 0.2) is 66.2 Å². The second-order valence-corrected chi connectivity index (χ2v) is 5.00. The van der Waals surface area contributed by atoms with E-state index in [4.69, 9.17) is 0 Å². The molecule has 0 aliphatic heterocycles. The van der Waals surface area contributed by atoms with Crippen LogP contribution in [0.2, 0.25) is 0 Å². The number of rotatable bonds is 2. The van der Waals surface area contributed by atoms with Crippen LogP contribution in [0.3, 0.4) is 0 Å². The summed E-state index contributed by atoms with van der Waals surface area (Å²) in [6.45, 7) is 1.95. The Balaban J connectivity index is 1.96. The highest BCUT2D eigenvalue weighted by Gasteiger charge is 2.31. The van der Waals surface area contributed by atoms with Gasteiger partial charge in [-0.25, -0.2) is 0 Å². The molecule has 0 bridgehead atoms. The lowest BCUT2D eigenvalue weighted by molar-refractivity contribution is -0.116. The number of hydrogen-bond donors (Lipinski definition) is 0. The normalized spacial score (nSPS) is 19.0. The zero-order chi connectivity index (χ0) is 13.2. The van der Waals surface area contributed by atoms with Crippen LogP contribution in [0.1, 0.15) is 30.4 Å². The van der Waals surface area contributed by atoms with Gasteiger partial charge in [0.05, 0.1) is 5.92 Å². The van der Waals surface area contributed by atoms with Crippen molar-refractivity contribution in [3.05, 3.63) is 77.4 Å². The van der Waals surface area contributed by atoms with E-state index >= 15 is 0 Å². The van der Waals surface area contributed by atoms with Crippen LogP contribution in [-0.2, 0) is 4.79 Å². The molecule has 1 heteroatoms.